The summed E-state index contributed by atoms with van der Waals surface area (Å²) in [7, 11) is 2.11. The lowest BCUT2D eigenvalue weighted by Crippen LogP contribution is -2.43. The van der Waals surface area contributed by atoms with Gasteiger partial charge in [-0.15, -0.1) is 0 Å². The number of benzene rings is 2. The first kappa shape index (κ1) is 21.1. The number of halogens is 2. The van der Waals surface area contributed by atoms with Gasteiger partial charge in [-0.05, 0) is 74.9 Å². The Morgan fingerprint density at radius 1 is 1.20 bits per heavy atom. The second kappa shape index (κ2) is 9.33. The van der Waals surface area contributed by atoms with Crippen LogP contribution in [0.1, 0.15) is 28.9 Å². The molecular formula is C23H24BrClN4O. The largest absolute Gasteiger partial charge is 0.380 e. The lowest BCUT2D eigenvalue weighted by atomic mass is 10.1. The van der Waals surface area contributed by atoms with Gasteiger partial charge in [0.05, 0.1) is 5.52 Å². The fraction of sp³-hybridized carbons (Fsp3) is 0.304. The van der Waals surface area contributed by atoms with Gasteiger partial charge in [0, 0.05) is 33.2 Å². The Morgan fingerprint density at radius 3 is 2.77 bits per heavy atom. The molecule has 1 aliphatic heterocycles. The highest BCUT2D eigenvalue weighted by molar-refractivity contribution is 9.10. The molecule has 1 aromatic heterocycles. The molecule has 1 aliphatic rings. The summed E-state index contributed by atoms with van der Waals surface area (Å²) in [4.78, 5) is 19.8. The predicted octanol–water partition coefficient (Wildman–Crippen LogP) is 5.09. The van der Waals surface area contributed by atoms with Gasteiger partial charge in [0.2, 0.25) is 0 Å². The predicted molar refractivity (Wildman–Crippen MR) is 126 cm³/mol. The van der Waals surface area contributed by atoms with E-state index in [1.54, 1.807) is 0 Å². The summed E-state index contributed by atoms with van der Waals surface area (Å²) in [5.41, 5.74) is 3.15. The fourth-order valence-corrected chi connectivity index (χ4v) is 4.29. The molecule has 0 spiro atoms. The van der Waals surface area contributed by atoms with Crippen LogP contribution in [0.2, 0.25) is 5.02 Å². The Bertz CT molecular complexity index is 1070. The quantitative estimate of drug-likeness (QED) is 0.526. The molecule has 2 aromatic carbocycles. The van der Waals surface area contributed by atoms with E-state index in [2.05, 4.69) is 43.5 Å². The van der Waals surface area contributed by atoms with Crippen LogP contribution in [0.3, 0.4) is 0 Å². The van der Waals surface area contributed by atoms with Crippen molar-refractivity contribution >= 4 is 50.0 Å². The molecule has 5 nitrogen and oxygen atoms in total. The molecule has 4 rings (SSSR count). The van der Waals surface area contributed by atoms with Crippen molar-refractivity contribution in [2.24, 2.45) is 0 Å². The van der Waals surface area contributed by atoms with E-state index in [1.165, 1.54) is 0 Å². The van der Waals surface area contributed by atoms with Crippen molar-refractivity contribution in [3.05, 3.63) is 69.3 Å². The summed E-state index contributed by atoms with van der Waals surface area (Å²) in [5.74, 6) is -0.125. The maximum atomic E-state index is 12.9. The van der Waals surface area contributed by atoms with Gasteiger partial charge in [0.1, 0.15) is 5.69 Å². The van der Waals surface area contributed by atoms with Crippen LogP contribution in [0.4, 0.5) is 5.69 Å². The summed E-state index contributed by atoms with van der Waals surface area (Å²) in [6, 6.07) is 15.7. The van der Waals surface area contributed by atoms with Crippen LogP contribution in [0.5, 0.6) is 0 Å². The monoisotopic (exact) mass is 486 g/mol. The lowest BCUT2D eigenvalue weighted by Gasteiger charge is -2.29. The van der Waals surface area contributed by atoms with Gasteiger partial charge < -0.3 is 15.5 Å². The van der Waals surface area contributed by atoms with Crippen LogP contribution < -0.4 is 10.6 Å². The van der Waals surface area contributed by atoms with Gasteiger partial charge in [-0.2, -0.15) is 0 Å². The third-order valence-corrected chi connectivity index (χ3v) is 6.16. The maximum Gasteiger partial charge on any atom is 0.270 e. The molecule has 3 aromatic rings. The Kier molecular flexibility index (Phi) is 6.56. The summed E-state index contributed by atoms with van der Waals surface area (Å²) < 4.78 is 0.964. The number of carbonyl (C=O) groups is 1. The lowest BCUT2D eigenvalue weighted by molar-refractivity contribution is 0.0912. The zero-order valence-electron chi connectivity index (χ0n) is 16.8. The minimum absolute atomic E-state index is 0.125. The third kappa shape index (κ3) is 5.12. The van der Waals surface area contributed by atoms with E-state index in [0.29, 0.717) is 17.3 Å². The highest BCUT2D eigenvalue weighted by Gasteiger charge is 2.20. The first-order valence-electron chi connectivity index (χ1n) is 10.1. The van der Waals surface area contributed by atoms with E-state index in [1.807, 2.05) is 48.5 Å². The molecule has 0 bridgehead atoms. The number of aromatic nitrogens is 1. The van der Waals surface area contributed by atoms with Crippen LogP contribution in [-0.2, 0) is 6.54 Å². The summed E-state index contributed by atoms with van der Waals surface area (Å²) >= 11 is 9.64. The smallest absolute Gasteiger partial charge is 0.270 e. The maximum absolute atomic E-state index is 12.9. The first-order valence-corrected chi connectivity index (χ1v) is 11.2. The van der Waals surface area contributed by atoms with Gasteiger partial charge in [-0.25, -0.2) is 4.98 Å². The van der Waals surface area contributed by atoms with E-state index < -0.39 is 0 Å². The molecule has 0 saturated carbocycles. The average molecular weight is 488 g/mol. The van der Waals surface area contributed by atoms with Crippen molar-refractivity contribution in [2.45, 2.75) is 25.4 Å². The second-order valence-electron chi connectivity index (χ2n) is 7.75. The molecule has 1 amide bonds. The Labute approximate surface area is 189 Å². The molecule has 7 heteroatoms. The molecule has 30 heavy (non-hydrogen) atoms. The minimum atomic E-state index is -0.125. The number of fused-ring (bicyclic) bond motifs is 1. The summed E-state index contributed by atoms with van der Waals surface area (Å²) in [6.07, 6.45) is 1.92. The number of nitrogens with zero attached hydrogens (tertiary/aromatic N) is 2. The molecule has 1 saturated heterocycles. The van der Waals surface area contributed by atoms with E-state index in [9.17, 15) is 4.79 Å². The summed E-state index contributed by atoms with van der Waals surface area (Å²) in [6.45, 7) is 2.59. The molecule has 0 atom stereocenters. The molecule has 156 valence electrons. The first-order chi connectivity index (χ1) is 14.5. The van der Waals surface area contributed by atoms with E-state index in [0.717, 1.165) is 52.6 Å². The van der Waals surface area contributed by atoms with Gasteiger partial charge in [-0.1, -0.05) is 39.7 Å². The van der Waals surface area contributed by atoms with Crippen molar-refractivity contribution in [2.75, 3.05) is 25.5 Å². The minimum Gasteiger partial charge on any atom is -0.380 e. The van der Waals surface area contributed by atoms with Crippen molar-refractivity contribution in [1.29, 1.82) is 0 Å². The van der Waals surface area contributed by atoms with Crippen LogP contribution >= 0.6 is 27.5 Å². The van der Waals surface area contributed by atoms with Gasteiger partial charge >= 0.3 is 0 Å². The molecule has 0 radical (unpaired) electrons. The summed E-state index contributed by atoms with van der Waals surface area (Å²) in [5, 5.41) is 8.28. The number of likely N-dealkylation sites (tertiary alicyclic amines) is 1. The third-order valence-electron chi connectivity index (χ3n) is 5.43. The molecule has 0 unspecified atom stereocenters. The number of rotatable bonds is 5. The topological polar surface area (TPSA) is 57.3 Å². The van der Waals surface area contributed by atoms with Crippen LogP contribution in [0, 0.1) is 0 Å². The average Bonchev–Trinajstić information content (AvgIpc) is 2.73. The highest BCUT2D eigenvalue weighted by atomic mass is 79.9. The number of carbonyl (C=O) groups excluding carboxylic acids is 1. The normalized spacial score (nSPS) is 15.3. The van der Waals surface area contributed by atoms with E-state index in [4.69, 9.17) is 11.6 Å². The number of hydrogen-bond donors (Lipinski definition) is 2. The molecular weight excluding hydrogens is 464 g/mol. The highest BCUT2D eigenvalue weighted by Crippen LogP contribution is 2.27. The van der Waals surface area contributed by atoms with Crippen molar-refractivity contribution in [3.63, 3.8) is 0 Å². The van der Waals surface area contributed by atoms with Crippen LogP contribution in [0.25, 0.3) is 10.9 Å². The second-order valence-corrected chi connectivity index (χ2v) is 9.10. The number of piperidine rings is 1. The van der Waals surface area contributed by atoms with Crippen molar-refractivity contribution in [3.8, 4) is 0 Å². The molecule has 1 fully saturated rings. The molecule has 2 N–H and O–H groups in total. The number of amides is 1. The van der Waals surface area contributed by atoms with Crippen LogP contribution in [-0.4, -0.2) is 42.0 Å². The molecule has 2 heterocycles. The number of nitrogens with one attached hydrogen (secondary N) is 2. The van der Waals surface area contributed by atoms with Crippen LogP contribution in [0.15, 0.2) is 53.0 Å². The SMILES string of the molecule is CN1CCC(NC(=O)c2cc(NCc3cccc(Cl)c3)c3cc(Br)ccc3n2)CC1. The Hall–Kier alpha value is -2.15. The fourth-order valence-electron chi connectivity index (χ4n) is 3.72. The standard InChI is InChI=1S/C23H24BrClN4O/c1-29-9-7-18(8-10-29)27-23(30)22-13-21(19-12-16(24)5-6-20(19)28-22)26-14-15-3-2-4-17(25)11-15/h2-6,11-13,18H,7-10,14H2,1H3,(H,26,28)(H,27,30). The zero-order valence-corrected chi connectivity index (χ0v) is 19.1. The van der Waals surface area contributed by atoms with Gasteiger partial charge in [0.25, 0.3) is 5.91 Å². The van der Waals surface area contributed by atoms with Gasteiger partial charge in [-0.3, -0.25) is 4.79 Å². The Morgan fingerprint density at radius 2 is 2.00 bits per heavy atom. The van der Waals surface area contributed by atoms with Crippen molar-refractivity contribution < 1.29 is 4.79 Å². The number of pyridine rings is 1. The van der Waals surface area contributed by atoms with Gasteiger partial charge in [0.15, 0.2) is 0 Å². The van der Waals surface area contributed by atoms with E-state index >= 15 is 0 Å². The van der Waals surface area contributed by atoms with E-state index in [-0.39, 0.29) is 11.9 Å². The number of anilines is 1. The Balaban J connectivity index is 1.59. The van der Waals surface area contributed by atoms with Crippen molar-refractivity contribution in [1.82, 2.24) is 15.2 Å². The number of hydrogen-bond acceptors (Lipinski definition) is 4. The molecule has 0 aliphatic carbocycles. The zero-order chi connectivity index (χ0) is 21.1.